The smallest absolute Gasteiger partial charge is 0.322 e. The maximum Gasteiger partial charge on any atom is 0.322 e. The van der Waals surface area contributed by atoms with Crippen molar-refractivity contribution in [3.63, 3.8) is 0 Å². The third-order valence-corrected chi connectivity index (χ3v) is 5.61. The van der Waals surface area contributed by atoms with Crippen LogP contribution >= 0.6 is 0 Å². The molecule has 0 radical (unpaired) electrons. The molecule has 0 saturated carbocycles. The summed E-state index contributed by atoms with van der Waals surface area (Å²) in [5.41, 5.74) is 0.900. The summed E-state index contributed by atoms with van der Waals surface area (Å²) in [7, 11) is 0. The highest BCUT2D eigenvalue weighted by Crippen LogP contribution is 2.33. The van der Waals surface area contributed by atoms with Crippen LogP contribution in [0.5, 0.6) is 11.5 Å². The molecule has 0 fully saturated rings. The normalized spacial score (nSPS) is 12.0. The van der Waals surface area contributed by atoms with Crippen molar-refractivity contribution in [3.05, 3.63) is 77.5 Å². The number of furan rings is 1. The molecule has 8 nitrogen and oxygen atoms in total. The van der Waals surface area contributed by atoms with Gasteiger partial charge in [0, 0.05) is 12.6 Å². The predicted octanol–water partition coefficient (Wildman–Crippen LogP) is 4.93. The molecule has 4 rings (SSSR count). The van der Waals surface area contributed by atoms with Gasteiger partial charge in [-0.05, 0) is 62.7 Å². The number of benzene rings is 2. The van der Waals surface area contributed by atoms with E-state index < -0.39 is 11.8 Å². The van der Waals surface area contributed by atoms with E-state index in [-0.39, 0.29) is 44.1 Å². The minimum Gasteiger partial charge on any atom is -0.464 e. The molecule has 1 aliphatic heterocycles. The van der Waals surface area contributed by atoms with Crippen LogP contribution < -0.4 is 14.8 Å². The van der Waals surface area contributed by atoms with Gasteiger partial charge in [0.05, 0.1) is 12.2 Å². The SMILES string of the molecule is Cc1ccc(CN(Cc2ccc3c(c2)OCO3)C(=O)CN(C(=O)Nc2ccccc2F)C(C)C)o1. The van der Waals surface area contributed by atoms with Crippen molar-refractivity contribution in [2.24, 2.45) is 0 Å². The molecule has 9 heteroatoms. The van der Waals surface area contributed by atoms with Crippen molar-refractivity contribution in [2.45, 2.75) is 39.9 Å². The van der Waals surface area contributed by atoms with E-state index in [1.54, 1.807) is 36.9 Å². The molecular weight excluding hydrogens is 453 g/mol. The second kappa shape index (κ2) is 10.5. The van der Waals surface area contributed by atoms with E-state index in [9.17, 15) is 14.0 Å². The zero-order valence-corrected chi connectivity index (χ0v) is 19.9. The second-order valence-corrected chi connectivity index (χ2v) is 8.58. The number of amides is 3. The molecule has 2 heterocycles. The first-order valence-corrected chi connectivity index (χ1v) is 11.3. The van der Waals surface area contributed by atoms with Crippen LogP contribution in [0.15, 0.2) is 59.0 Å². The monoisotopic (exact) mass is 481 g/mol. The molecular formula is C26H28FN3O5. The molecule has 0 aliphatic carbocycles. The molecule has 0 unspecified atom stereocenters. The topological polar surface area (TPSA) is 84.2 Å². The summed E-state index contributed by atoms with van der Waals surface area (Å²) in [4.78, 5) is 29.4. The number of carbonyl (C=O) groups is 2. The Hall–Kier alpha value is -4.01. The number of para-hydroxylation sites is 1. The van der Waals surface area contributed by atoms with Crippen molar-refractivity contribution < 1.29 is 27.9 Å². The Balaban J connectivity index is 1.52. The van der Waals surface area contributed by atoms with Crippen LogP contribution in [0.3, 0.4) is 0 Å². The Morgan fingerprint density at radius 2 is 1.80 bits per heavy atom. The number of aryl methyl sites for hydroxylation is 1. The summed E-state index contributed by atoms with van der Waals surface area (Å²) >= 11 is 0. The molecule has 0 bridgehead atoms. The first-order valence-electron chi connectivity index (χ1n) is 11.3. The summed E-state index contributed by atoms with van der Waals surface area (Å²) in [6, 6.07) is 14.2. The Morgan fingerprint density at radius 3 is 2.51 bits per heavy atom. The van der Waals surface area contributed by atoms with E-state index in [0.29, 0.717) is 17.3 Å². The summed E-state index contributed by atoms with van der Waals surface area (Å²) in [6.07, 6.45) is 0. The summed E-state index contributed by atoms with van der Waals surface area (Å²) < 4.78 is 30.6. The molecule has 3 aromatic rings. The van der Waals surface area contributed by atoms with E-state index in [1.807, 2.05) is 31.2 Å². The second-order valence-electron chi connectivity index (χ2n) is 8.58. The minimum absolute atomic E-state index is 0.0545. The van der Waals surface area contributed by atoms with Crippen LogP contribution in [0.4, 0.5) is 14.9 Å². The molecule has 1 N–H and O–H groups in total. The molecule has 2 aromatic carbocycles. The van der Waals surface area contributed by atoms with Crippen molar-refractivity contribution >= 4 is 17.6 Å². The summed E-state index contributed by atoms with van der Waals surface area (Å²) in [6.45, 7) is 5.90. The number of fused-ring (bicyclic) bond motifs is 1. The highest BCUT2D eigenvalue weighted by Gasteiger charge is 2.25. The van der Waals surface area contributed by atoms with Gasteiger partial charge in [0.15, 0.2) is 11.5 Å². The third kappa shape index (κ3) is 5.92. The van der Waals surface area contributed by atoms with E-state index in [4.69, 9.17) is 13.9 Å². The maximum absolute atomic E-state index is 14.0. The van der Waals surface area contributed by atoms with E-state index >= 15 is 0 Å². The van der Waals surface area contributed by atoms with Gasteiger partial charge in [0.1, 0.15) is 23.9 Å². The Morgan fingerprint density at radius 1 is 1.03 bits per heavy atom. The first kappa shape index (κ1) is 24.1. The Kier molecular flexibility index (Phi) is 7.24. The lowest BCUT2D eigenvalue weighted by atomic mass is 10.1. The lowest BCUT2D eigenvalue weighted by Gasteiger charge is -2.30. The van der Waals surface area contributed by atoms with E-state index in [1.165, 1.54) is 17.0 Å². The predicted molar refractivity (Wildman–Crippen MR) is 128 cm³/mol. The largest absolute Gasteiger partial charge is 0.464 e. The van der Waals surface area contributed by atoms with Crippen LogP contribution in [0, 0.1) is 12.7 Å². The molecule has 3 amide bonds. The van der Waals surface area contributed by atoms with Crippen molar-refractivity contribution in [1.29, 1.82) is 0 Å². The maximum atomic E-state index is 14.0. The molecule has 0 atom stereocenters. The minimum atomic E-state index is -0.560. The number of hydrogen-bond acceptors (Lipinski definition) is 5. The number of urea groups is 1. The number of rotatable bonds is 8. The molecule has 35 heavy (non-hydrogen) atoms. The van der Waals surface area contributed by atoms with Gasteiger partial charge in [-0.15, -0.1) is 0 Å². The van der Waals surface area contributed by atoms with Crippen LogP contribution in [-0.4, -0.2) is 41.1 Å². The average Bonchev–Trinajstić information content (AvgIpc) is 3.46. The number of hydrogen-bond donors (Lipinski definition) is 1. The molecule has 1 aromatic heterocycles. The first-order chi connectivity index (χ1) is 16.8. The highest BCUT2D eigenvalue weighted by atomic mass is 19.1. The van der Waals surface area contributed by atoms with Gasteiger partial charge in [-0.2, -0.15) is 0 Å². The van der Waals surface area contributed by atoms with Crippen molar-refractivity contribution in [1.82, 2.24) is 9.80 Å². The molecule has 184 valence electrons. The third-order valence-electron chi connectivity index (χ3n) is 5.61. The zero-order chi connectivity index (χ0) is 24.9. The average molecular weight is 482 g/mol. The van der Waals surface area contributed by atoms with Gasteiger partial charge in [-0.3, -0.25) is 4.79 Å². The Bertz CT molecular complexity index is 1210. The van der Waals surface area contributed by atoms with Crippen LogP contribution in [0.1, 0.15) is 30.9 Å². The van der Waals surface area contributed by atoms with Gasteiger partial charge in [0.25, 0.3) is 0 Å². The van der Waals surface area contributed by atoms with Gasteiger partial charge in [-0.1, -0.05) is 18.2 Å². The molecule has 0 saturated heterocycles. The fourth-order valence-corrected chi connectivity index (χ4v) is 3.73. The lowest BCUT2D eigenvalue weighted by molar-refractivity contribution is -0.133. The number of ether oxygens (including phenoxy) is 2. The van der Waals surface area contributed by atoms with Crippen LogP contribution in [-0.2, 0) is 17.9 Å². The van der Waals surface area contributed by atoms with Gasteiger partial charge in [0.2, 0.25) is 12.7 Å². The van der Waals surface area contributed by atoms with Crippen molar-refractivity contribution in [2.75, 3.05) is 18.7 Å². The van der Waals surface area contributed by atoms with Gasteiger partial charge >= 0.3 is 6.03 Å². The van der Waals surface area contributed by atoms with Gasteiger partial charge in [-0.25, -0.2) is 9.18 Å². The number of nitrogens with zero attached hydrogens (tertiary/aromatic N) is 2. The number of carbonyl (C=O) groups excluding carboxylic acids is 2. The molecule has 0 spiro atoms. The molecule has 1 aliphatic rings. The highest BCUT2D eigenvalue weighted by molar-refractivity contribution is 5.92. The fraction of sp³-hybridized carbons (Fsp3) is 0.308. The van der Waals surface area contributed by atoms with E-state index in [2.05, 4.69) is 5.32 Å². The van der Waals surface area contributed by atoms with Gasteiger partial charge < -0.3 is 29.0 Å². The standard InChI is InChI=1S/C26H28FN3O5/c1-17(2)30(26(32)28-22-7-5-4-6-21(22)27)15-25(31)29(14-20-10-8-18(3)35-20)13-19-9-11-23-24(12-19)34-16-33-23/h4-12,17H,13-16H2,1-3H3,(H,28,32). The van der Waals surface area contributed by atoms with Crippen molar-refractivity contribution in [3.8, 4) is 11.5 Å². The fourth-order valence-electron chi connectivity index (χ4n) is 3.73. The van der Waals surface area contributed by atoms with E-state index in [0.717, 1.165) is 11.3 Å². The number of halogens is 1. The Labute approximate surface area is 203 Å². The summed E-state index contributed by atoms with van der Waals surface area (Å²) in [5.74, 6) is 1.82. The van der Waals surface area contributed by atoms with Crippen LogP contribution in [0.25, 0.3) is 0 Å². The lowest BCUT2D eigenvalue weighted by Crippen LogP contribution is -2.47. The number of nitrogens with one attached hydrogen (secondary N) is 1. The zero-order valence-electron chi connectivity index (χ0n) is 19.9. The number of anilines is 1. The van der Waals surface area contributed by atoms with Crippen LogP contribution in [0.2, 0.25) is 0 Å². The quantitative estimate of drug-likeness (QED) is 0.493. The summed E-state index contributed by atoms with van der Waals surface area (Å²) in [5, 5.41) is 2.56.